The van der Waals surface area contributed by atoms with E-state index in [1.54, 1.807) is 30.3 Å². The number of halogens is 4. The Morgan fingerprint density at radius 1 is 1.05 bits per heavy atom. The fourth-order valence-electron chi connectivity index (χ4n) is 1.69. The highest BCUT2D eigenvalue weighted by atomic mass is 35.5. The molecule has 2 nitrogen and oxygen atoms in total. The first-order valence-corrected chi connectivity index (χ1v) is 6.46. The van der Waals surface area contributed by atoms with E-state index in [9.17, 15) is 13.2 Å². The Bertz CT molecular complexity index is 731. The highest BCUT2D eigenvalue weighted by molar-refractivity contribution is 6.31. The molecule has 0 spiro atoms. The summed E-state index contributed by atoms with van der Waals surface area (Å²) in [4.78, 5) is 3.08. The third-order valence-corrected chi connectivity index (χ3v) is 3.03. The zero-order valence-corrected chi connectivity index (χ0v) is 11.8. The molecule has 6 heteroatoms. The van der Waals surface area contributed by atoms with Gasteiger partial charge in [-0.15, -0.1) is 0 Å². The fourth-order valence-corrected chi connectivity index (χ4v) is 1.92. The Balaban J connectivity index is 2.21. The molecule has 22 heavy (non-hydrogen) atoms. The maximum atomic E-state index is 12.8. The van der Waals surface area contributed by atoms with Crippen LogP contribution in [0.15, 0.2) is 48.7 Å². The molecular weight excluding hydrogens is 315 g/mol. The Morgan fingerprint density at radius 3 is 2.27 bits per heavy atom. The van der Waals surface area contributed by atoms with Gasteiger partial charge in [0.1, 0.15) is 11.5 Å². The molecule has 0 saturated heterocycles. The lowest BCUT2D eigenvalue weighted by Crippen LogP contribution is -2.05. The average Bonchev–Trinajstić information content (AvgIpc) is 2.47. The molecule has 0 atom stereocenters. The van der Waals surface area contributed by atoms with Crippen molar-refractivity contribution in [3.05, 3.63) is 76.2 Å². The van der Waals surface area contributed by atoms with Gasteiger partial charge in [0.05, 0.1) is 17.2 Å². The van der Waals surface area contributed by atoms with Crippen LogP contribution in [0.2, 0.25) is 5.02 Å². The lowest BCUT2D eigenvalue weighted by atomic mass is 10.2. The van der Waals surface area contributed by atoms with Crippen molar-refractivity contribution >= 4 is 17.7 Å². The van der Waals surface area contributed by atoms with Crippen molar-refractivity contribution in [3.63, 3.8) is 0 Å². The van der Waals surface area contributed by atoms with Gasteiger partial charge in [-0.05, 0) is 35.9 Å². The van der Waals surface area contributed by atoms with E-state index in [4.69, 9.17) is 22.9 Å². The summed E-state index contributed by atoms with van der Waals surface area (Å²) in [5.41, 5.74) is -0.154. The summed E-state index contributed by atoms with van der Waals surface area (Å²) < 4.78 is 43.7. The normalized spacial score (nSPS) is 11.4. The second-order valence-corrected chi connectivity index (χ2v) is 4.66. The van der Waals surface area contributed by atoms with Crippen LogP contribution in [0.3, 0.4) is 0 Å². The minimum absolute atomic E-state index is 0.0428. The molecule has 0 amide bonds. The van der Waals surface area contributed by atoms with Gasteiger partial charge in [-0.2, -0.15) is 13.2 Å². The quantitative estimate of drug-likeness (QED) is 0.628. The second kappa shape index (κ2) is 6.54. The maximum absolute atomic E-state index is 12.8. The van der Waals surface area contributed by atoms with Crippen molar-refractivity contribution in [2.75, 3.05) is 0 Å². The standard InChI is InChI=1S/C16H9ClF3NO/c1-21-9-8-11-2-4-12(5-3-11)22-13-6-7-15(17)14(10-13)16(18,19)20/h2-10H/b9-8+. The Kier molecular flexibility index (Phi) is 4.74. The van der Waals surface area contributed by atoms with Crippen molar-refractivity contribution < 1.29 is 17.9 Å². The minimum Gasteiger partial charge on any atom is -0.457 e. The van der Waals surface area contributed by atoms with Gasteiger partial charge in [0.2, 0.25) is 0 Å². The van der Waals surface area contributed by atoms with Crippen LogP contribution in [0.1, 0.15) is 11.1 Å². The number of rotatable bonds is 3. The summed E-state index contributed by atoms with van der Waals surface area (Å²) in [6.45, 7) is 6.64. The first-order chi connectivity index (χ1) is 10.4. The Hall–Kier alpha value is -2.45. The van der Waals surface area contributed by atoms with Gasteiger partial charge in [0.25, 0.3) is 0 Å². The third kappa shape index (κ3) is 4.03. The number of hydrogen-bond donors (Lipinski definition) is 0. The smallest absolute Gasteiger partial charge is 0.417 e. The van der Waals surface area contributed by atoms with Gasteiger partial charge >= 0.3 is 6.18 Å². The minimum atomic E-state index is -4.54. The summed E-state index contributed by atoms with van der Waals surface area (Å²) in [5.74, 6) is 0.427. The van der Waals surface area contributed by atoms with Gasteiger partial charge < -0.3 is 4.74 Å². The summed E-state index contributed by atoms with van der Waals surface area (Å²) in [6, 6.07) is 9.96. The summed E-state index contributed by atoms with van der Waals surface area (Å²) in [7, 11) is 0. The average molecular weight is 324 g/mol. The van der Waals surface area contributed by atoms with E-state index in [1.165, 1.54) is 12.3 Å². The maximum Gasteiger partial charge on any atom is 0.417 e. The molecule has 0 radical (unpaired) electrons. The zero-order valence-electron chi connectivity index (χ0n) is 11.1. The summed E-state index contributed by atoms with van der Waals surface area (Å²) >= 11 is 5.55. The van der Waals surface area contributed by atoms with Crippen LogP contribution in [-0.4, -0.2) is 0 Å². The summed E-state index contributed by atoms with van der Waals surface area (Å²) in [5, 5.41) is -0.375. The third-order valence-electron chi connectivity index (χ3n) is 2.70. The molecule has 2 aromatic carbocycles. The van der Waals surface area contributed by atoms with E-state index in [0.717, 1.165) is 17.7 Å². The van der Waals surface area contributed by atoms with Gasteiger partial charge in [-0.3, -0.25) is 0 Å². The molecule has 2 rings (SSSR count). The molecule has 0 aliphatic carbocycles. The number of alkyl halides is 3. The van der Waals surface area contributed by atoms with Crippen molar-refractivity contribution in [3.8, 4) is 11.5 Å². The Labute approximate surface area is 130 Å². The van der Waals surface area contributed by atoms with E-state index >= 15 is 0 Å². The van der Waals surface area contributed by atoms with E-state index in [-0.39, 0.29) is 10.8 Å². The number of benzene rings is 2. The molecule has 0 aliphatic heterocycles. The van der Waals surface area contributed by atoms with E-state index in [1.807, 2.05) is 0 Å². The van der Waals surface area contributed by atoms with Crippen molar-refractivity contribution in [1.29, 1.82) is 0 Å². The molecule has 0 N–H and O–H groups in total. The van der Waals surface area contributed by atoms with Crippen molar-refractivity contribution in [2.45, 2.75) is 6.18 Å². The Morgan fingerprint density at radius 2 is 1.68 bits per heavy atom. The second-order valence-electron chi connectivity index (χ2n) is 4.26. The molecule has 0 aliphatic rings. The van der Waals surface area contributed by atoms with Gasteiger partial charge in [0, 0.05) is 0 Å². The highest BCUT2D eigenvalue weighted by Gasteiger charge is 2.33. The monoisotopic (exact) mass is 323 g/mol. The molecule has 0 unspecified atom stereocenters. The summed E-state index contributed by atoms with van der Waals surface area (Å²) in [6.07, 6.45) is -1.61. The lowest BCUT2D eigenvalue weighted by Gasteiger charge is -2.12. The predicted molar refractivity (Wildman–Crippen MR) is 78.6 cm³/mol. The van der Waals surface area contributed by atoms with Gasteiger partial charge in [-0.1, -0.05) is 29.8 Å². The largest absolute Gasteiger partial charge is 0.457 e. The molecule has 0 fully saturated rings. The van der Waals surface area contributed by atoms with Crippen LogP contribution in [-0.2, 0) is 6.18 Å². The van der Waals surface area contributed by atoms with Crippen molar-refractivity contribution in [2.24, 2.45) is 0 Å². The highest BCUT2D eigenvalue weighted by Crippen LogP contribution is 2.37. The van der Waals surface area contributed by atoms with Crippen LogP contribution in [0.25, 0.3) is 10.9 Å². The molecule has 2 aromatic rings. The molecule has 0 bridgehead atoms. The number of nitrogens with zero attached hydrogens (tertiary/aromatic N) is 1. The topological polar surface area (TPSA) is 13.6 Å². The van der Waals surface area contributed by atoms with E-state index in [0.29, 0.717) is 5.75 Å². The first-order valence-electron chi connectivity index (χ1n) is 6.08. The van der Waals surface area contributed by atoms with Gasteiger partial charge in [-0.25, -0.2) is 4.85 Å². The van der Waals surface area contributed by atoms with E-state index in [2.05, 4.69) is 4.85 Å². The van der Waals surface area contributed by atoms with Crippen LogP contribution in [0.4, 0.5) is 13.2 Å². The molecular formula is C16H9ClF3NO. The molecule has 0 saturated carbocycles. The van der Waals surface area contributed by atoms with Crippen LogP contribution in [0, 0.1) is 6.57 Å². The number of ether oxygens (including phenoxy) is 1. The van der Waals surface area contributed by atoms with Crippen LogP contribution in [0.5, 0.6) is 11.5 Å². The zero-order chi connectivity index (χ0) is 16.2. The van der Waals surface area contributed by atoms with Gasteiger partial charge in [0.15, 0.2) is 6.20 Å². The molecule has 0 heterocycles. The van der Waals surface area contributed by atoms with Crippen LogP contribution < -0.4 is 4.74 Å². The molecule has 0 aromatic heterocycles. The lowest BCUT2D eigenvalue weighted by molar-refractivity contribution is -0.137. The van der Waals surface area contributed by atoms with Crippen LogP contribution >= 0.6 is 11.6 Å². The first kappa shape index (κ1) is 15.9. The van der Waals surface area contributed by atoms with Crippen molar-refractivity contribution in [1.82, 2.24) is 0 Å². The fraction of sp³-hybridized carbons (Fsp3) is 0.0625. The predicted octanol–water partition coefficient (Wildman–Crippen LogP) is 6.04. The SMILES string of the molecule is [C-]#[N+]/C=C/c1ccc(Oc2ccc(Cl)c(C(F)(F)F)c2)cc1. The molecule has 112 valence electrons. The van der Waals surface area contributed by atoms with E-state index < -0.39 is 11.7 Å². The number of hydrogen-bond acceptors (Lipinski definition) is 1.